The number of piperidine rings is 1. The number of likely N-dealkylation sites (tertiary alicyclic amines) is 1. The minimum absolute atomic E-state index is 0.0115. The molecule has 18 heavy (non-hydrogen) atoms. The Labute approximate surface area is 107 Å². The molecule has 1 aromatic heterocycles. The zero-order valence-corrected chi connectivity index (χ0v) is 10.5. The van der Waals surface area contributed by atoms with E-state index in [0.717, 1.165) is 18.7 Å². The Morgan fingerprint density at radius 1 is 1.50 bits per heavy atom. The Hall–Kier alpha value is -1.33. The van der Waals surface area contributed by atoms with E-state index in [9.17, 15) is 4.79 Å². The van der Waals surface area contributed by atoms with Crippen LogP contribution in [0.25, 0.3) is 0 Å². The number of nitrogens with two attached hydrogens (primary N) is 1. The SMILES string of the molecule is NCCC1CCCCN1Cc1ccc(C(=O)O)o1. The first kappa shape index (κ1) is 13.1. The highest BCUT2D eigenvalue weighted by molar-refractivity contribution is 5.84. The number of carbonyl (C=O) groups is 1. The molecule has 5 heteroatoms. The van der Waals surface area contributed by atoms with Gasteiger partial charge in [-0.05, 0) is 44.5 Å². The number of nitrogens with zero attached hydrogens (tertiary/aromatic N) is 1. The van der Waals surface area contributed by atoms with E-state index in [4.69, 9.17) is 15.3 Å². The van der Waals surface area contributed by atoms with Crippen molar-refractivity contribution in [3.63, 3.8) is 0 Å². The van der Waals surface area contributed by atoms with Crippen molar-refractivity contribution >= 4 is 5.97 Å². The summed E-state index contributed by atoms with van der Waals surface area (Å²) in [4.78, 5) is 13.1. The summed E-state index contributed by atoms with van der Waals surface area (Å²) in [5, 5.41) is 8.82. The fourth-order valence-electron chi connectivity index (χ4n) is 2.57. The third kappa shape index (κ3) is 3.11. The Morgan fingerprint density at radius 3 is 3.00 bits per heavy atom. The average Bonchev–Trinajstić information content (AvgIpc) is 2.81. The fourth-order valence-corrected chi connectivity index (χ4v) is 2.57. The molecule has 0 radical (unpaired) electrons. The topological polar surface area (TPSA) is 79.7 Å². The van der Waals surface area contributed by atoms with E-state index in [1.807, 2.05) is 0 Å². The zero-order chi connectivity index (χ0) is 13.0. The lowest BCUT2D eigenvalue weighted by atomic mass is 9.99. The molecule has 100 valence electrons. The van der Waals surface area contributed by atoms with Crippen molar-refractivity contribution in [2.24, 2.45) is 5.73 Å². The van der Waals surface area contributed by atoms with Gasteiger partial charge in [-0.3, -0.25) is 4.90 Å². The molecule has 1 aliphatic heterocycles. The first-order valence-corrected chi connectivity index (χ1v) is 6.47. The molecule has 1 fully saturated rings. The molecule has 0 bridgehead atoms. The van der Waals surface area contributed by atoms with Gasteiger partial charge in [-0.15, -0.1) is 0 Å². The van der Waals surface area contributed by atoms with Crippen LogP contribution in [0.1, 0.15) is 42.0 Å². The molecule has 2 rings (SSSR count). The van der Waals surface area contributed by atoms with E-state index in [-0.39, 0.29) is 5.76 Å². The summed E-state index contributed by atoms with van der Waals surface area (Å²) < 4.78 is 5.30. The van der Waals surface area contributed by atoms with E-state index >= 15 is 0 Å². The summed E-state index contributed by atoms with van der Waals surface area (Å²) >= 11 is 0. The van der Waals surface area contributed by atoms with Gasteiger partial charge >= 0.3 is 5.97 Å². The second-order valence-electron chi connectivity index (χ2n) is 4.77. The molecule has 2 heterocycles. The third-order valence-electron chi connectivity index (χ3n) is 3.48. The van der Waals surface area contributed by atoms with E-state index in [0.29, 0.717) is 19.1 Å². The lowest BCUT2D eigenvalue weighted by Gasteiger charge is -2.34. The predicted octanol–water partition coefficient (Wildman–Crippen LogP) is 1.68. The second-order valence-corrected chi connectivity index (χ2v) is 4.77. The number of aromatic carboxylic acids is 1. The van der Waals surface area contributed by atoms with Gasteiger partial charge in [0.1, 0.15) is 5.76 Å². The Morgan fingerprint density at radius 2 is 2.33 bits per heavy atom. The van der Waals surface area contributed by atoms with Crippen LogP contribution < -0.4 is 5.73 Å². The first-order chi connectivity index (χ1) is 8.70. The molecular formula is C13H20N2O3. The highest BCUT2D eigenvalue weighted by Gasteiger charge is 2.23. The van der Waals surface area contributed by atoms with Crippen molar-refractivity contribution < 1.29 is 14.3 Å². The van der Waals surface area contributed by atoms with Crippen molar-refractivity contribution in [3.05, 3.63) is 23.7 Å². The van der Waals surface area contributed by atoms with Gasteiger partial charge in [0.05, 0.1) is 6.54 Å². The van der Waals surface area contributed by atoms with Crippen molar-refractivity contribution in [2.45, 2.75) is 38.3 Å². The lowest BCUT2D eigenvalue weighted by molar-refractivity contribution is 0.0654. The summed E-state index contributed by atoms with van der Waals surface area (Å²) in [6.07, 6.45) is 4.60. The van der Waals surface area contributed by atoms with Gasteiger partial charge in [0.2, 0.25) is 5.76 Å². The molecule has 0 aliphatic carbocycles. The summed E-state index contributed by atoms with van der Waals surface area (Å²) in [6, 6.07) is 3.76. The van der Waals surface area contributed by atoms with E-state index in [2.05, 4.69) is 4.90 Å². The van der Waals surface area contributed by atoms with Gasteiger partial charge in [0, 0.05) is 6.04 Å². The van der Waals surface area contributed by atoms with Gasteiger partial charge in [-0.1, -0.05) is 6.42 Å². The Balaban J connectivity index is 1.99. The van der Waals surface area contributed by atoms with Crippen LogP contribution in [0.5, 0.6) is 0 Å². The van der Waals surface area contributed by atoms with Crippen LogP contribution in [0.4, 0.5) is 0 Å². The number of hydrogen-bond donors (Lipinski definition) is 2. The number of rotatable bonds is 5. The molecule has 3 N–H and O–H groups in total. The highest BCUT2D eigenvalue weighted by Crippen LogP contribution is 2.22. The summed E-state index contributed by atoms with van der Waals surface area (Å²) in [7, 11) is 0. The van der Waals surface area contributed by atoms with Crippen LogP contribution in [0.3, 0.4) is 0 Å². The van der Waals surface area contributed by atoms with Crippen LogP contribution >= 0.6 is 0 Å². The van der Waals surface area contributed by atoms with Gasteiger partial charge in [-0.25, -0.2) is 4.79 Å². The lowest BCUT2D eigenvalue weighted by Crippen LogP contribution is -2.40. The maximum Gasteiger partial charge on any atom is 0.371 e. The standard InChI is InChI=1S/C13H20N2O3/c14-7-6-10-3-1-2-8-15(10)9-11-4-5-12(18-11)13(16)17/h4-5,10H,1-3,6-9,14H2,(H,16,17). The van der Waals surface area contributed by atoms with Crippen molar-refractivity contribution in [1.29, 1.82) is 0 Å². The van der Waals surface area contributed by atoms with Crippen LogP contribution in [-0.2, 0) is 6.54 Å². The monoisotopic (exact) mass is 252 g/mol. The van der Waals surface area contributed by atoms with Crippen LogP contribution in [-0.4, -0.2) is 35.1 Å². The largest absolute Gasteiger partial charge is 0.475 e. The van der Waals surface area contributed by atoms with Crippen molar-refractivity contribution in [1.82, 2.24) is 4.90 Å². The maximum atomic E-state index is 10.7. The van der Waals surface area contributed by atoms with Crippen molar-refractivity contribution in [3.8, 4) is 0 Å². The Bertz CT molecular complexity index is 401. The van der Waals surface area contributed by atoms with E-state index < -0.39 is 5.97 Å². The number of furan rings is 1. The normalized spacial score (nSPS) is 21.1. The van der Waals surface area contributed by atoms with Crippen LogP contribution in [0, 0.1) is 0 Å². The number of carboxylic acids is 1. The minimum atomic E-state index is -1.02. The van der Waals surface area contributed by atoms with E-state index in [1.165, 1.54) is 25.3 Å². The molecule has 0 amide bonds. The smallest absolute Gasteiger partial charge is 0.371 e. The second kappa shape index (κ2) is 6.02. The molecule has 0 saturated carbocycles. The van der Waals surface area contributed by atoms with Gasteiger partial charge in [-0.2, -0.15) is 0 Å². The van der Waals surface area contributed by atoms with Gasteiger partial charge in [0.25, 0.3) is 0 Å². The fraction of sp³-hybridized carbons (Fsp3) is 0.615. The van der Waals surface area contributed by atoms with Gasteiger partial charge < -0.3 is 15.3 Å². The minimum Gasteiger partial charge on any atom is -0.475 e. The molecule has 1 aromatic rings. The third-order valence-corrected chi connectivity index (χ3v) is 3.48. The molecule has 0 aromatic carbocycles. The molecule has 0 spiro atoms. The average molecular weight is 252 g/mol. The predicted molar refractivity (Wildman–Crippen MR) is 67.4 cm³/mol. The molecule has 1 aliphatic rings. The maximum absolute atomic E-state index is 10.7. The quantitative estimate of drug-likeness (QED) is 0.833. The van der Waals surface area contributed by atoms with Gasteiger partial charge in [0.15, 0.2) is 0 Å². The summed E-state index contributed by atoms with van der Waals surface area (Å²) in [5.41, 5.74) is 5.63. The number of hydrogen-bond acceptors (Lipinski definition) is 4. The van der Waals surface area contributed by atoms with Crippen molar-refractivity contribution in [2.75, 3.05) is 13.1 Å². The molecular weight excluding hydrogens is 232 g/mol. The summed E-state index contributed by atoms with van der Waals surface area (Å²) in [5.74, 6) is -0.285. The molecule has 1 saturated heterocycles. The summed E-state index contributed by atoms with van der Waals surface area (Å²) in [6.45, 7) is 2.41. The number of carboxylic acid groups (broad SMARTS) is 1. The van der Waals surface area contributed by atoms with E-state index in [1.54, 1.807) is 6.07 Å². The molecule has 1 unspecified atom stereocenters. The van der Waals surface area contributed by atoms with Crippen LogP contribution in [0.15, 0.2) is 16.5 Å². The molecule has 5 nitrogen and oxygen atoms in total. The Kier molecular flexibility index (Phi) is 4.38. The van der Waals surface area contributed by atoms with Crippen LogP contribution in [0.2, 0.25) is 0 Å². The first-order valence-electron chi connectivity index (χ1n) is 6.47. The highest BCUT2D eigenvalue weighted by atomic mass is 16.4. The molecule has 1 atom stereocenters. The zero-order valence-electron chi connectivity index (χ0n) is 10.5.